The van der Waals surface area contributed by atoms with Gasteiger partial charge in [-0.3, -0.25) is 9.78 Å². The lowest BCUT2D eigenvalue weighted by atomic mass is 10.0. The van der Waals surface area contributed by atoms with Crippen LogP contribution in [-0.2, 0) is 0 Å². The van der Waals surface area contributed by atoms with Gasteiger partial charge in [0.15, 0.2) is 0 Å². The van der Waals surface area contributed by atoms with Gasteiger partial charge in [-0.1, -0.05) is 6.07 Å². The molecule has 1 aliphatic heterocycles. The molecule has 0 saturated carbocycles. The molecular formula is C15H16FN3O. The number of hydrogen-bond donors (Lipinski definition) is 1. The van der Waals surface area contributed by atoms with Crippen LogP contribution in [0.2, 0.25) is 0 Å². The Kier molecular flexibility index (Phi) is 3.26. The highest BCUT2D eigenvalue weighted by atomic mass is 19.1. The summed E-state index contributed by atoms with van der Waals surface area (Å²) >= 11 is 0. The monoisotopic (exact) mass is 273 g/mol. The Balaban J connectivity index is 2.05. The third-order valence-electron chi connectivity index (χ3n) is 3.79. The maximum atomic E-state index is 13.3. The van der Waals surface area contributed by atoms with Crippen molar-refractivity contribution in [2.24, 2.45) is 5.73 Å². The first kappa shape index (κ1) is 12.8. The largest absolute Gasteiger partial charge is 0.370 e. The van der Waals surface area contributed by atoms with E-state index in [4.69, 9.17) is 5.73 Å². The molecule has 2 heterocycles. The molecule has 3 rings (SSSR count). The minimum absolute atomic E-state index is 0.447. The topological polar surface area (TPSA) is 59.2 Å². The fraction of sp³-hybridized carbons (Fsp3) is 0.333. The zero-order valence-electron chi connectivity index (χ0n) is 11.1. The zero-order valence-corrected chi connectivity index (χ0v) is 11.1. The van der Waals surface area contributed by atoms with Gasteiger partial charge in [0.25, 0.3) is 0 Å². The summed E-state index contributed by atoms with van der Waals surface area (Å²) in [7, 11) is 0. The minimum atomic E-state index is -0.713. The van der Waals surface area contributed by atoms with E-state index in [1.807, 2.05) is 6.07 Å². The summed E-state index contributed by atoms with van der Waals surface area (Å²) in [6.07, 6.45) is 3.88. The van der Waals surface area contributed by atoms with Gasteiger partial charge in [-0.15, -0.1) is 0 Å². The van der Waals surface area contributed by atoms with Crippen molar-refractivity contribution in [1.82, 2.24) is 4.98 Å². The van der Waals surface area contributed by atoms with Crippen molar-refractivity contribution >= 4 is 22.4 Å². The number of aromatic nitrogens is 1. The average molecular weight is 273 g/mol. The molecule has 0 spiro atoms. The van der Waals surface area contributed by atoms with Crippen LogP contribution in [0.3, 0.4) is 0 Å². The molecule has 0 radical (unpaired) electrons. The number of nitrogens with two attached hydrogens (primary N) is 1. The number of hydrogen-bond acceptors (Lipinski definition) is 3. The number of fused-ring (bicyclic) bond motifs is 1. The smallest absolute Gasteiger partial charge is 0.248 e. The molecular weight excluding hydrogens is 257 g/mol. The molecule has 20 heavy (non-hydrogen) atoms. The van der Waals surface area contributed by atoms with Gasteiger partial charge in [0.1, 0.15) is 6.17 Å². The van der Waals surface area contributed by atoms with Crippen molar-refractivity contribution in [1.29, 1.82) is 0 Å². The molecule has 0 unspecified atom stereocenters. The quantitative estimate of drug-likeness (QED) is 0.913. The number of piperidine rings is 1. The summed E-state index contributed by atoms with van der Waals surface area (Å²) in [6.45, 7) is 1.34. The summed E-state index contributed by atoms with van der Waals surface area (Å²) in [5.41, 5.74) is 6.75. The van der Waals surface area contributed by atoms with Crippen molar-refractivity contribution in [3.8, 4) is 0 Å². The maximum absolute atomic E-state index is 13.3. The number of carbonyl (C=O) groups excluding carboxylic acids is 1. The van der Waals surface area contributed by atoms with E-state index in [1.165, 1.54) is 0 Å². The highest BCUT2D eigenvalue weighted by Gasteiger charge is 2.20. The molecule has 1 saturated heterocycles. The van der Waals surface area contributed by atoms with Crippen molar-refractivity contribution in [3.05, 3.63) is 36.2 Å². The van der Waals surface area contributed by atoms with Crippen LogP contribution in [0.4, 0.5) is 10.1 Å². The first-order chi connectivity index (χ1) is 9.65. The molecule has 2 aromatic rings. The second-order valence-electron chi connectivity index (χ2n) is 5.12. The Morgan fingerprint density at radius 1 is 1.30 bits per heavy atom. The first-order valence-electron chi connectivity index (χ1n) is 6.72. The van der Waals surface area contributed by atoms with E-state index >= 15 is 0 Å². The van der Waals surface area contributed by atoms with Crippen molar-refractivity contribution in [3.63, 3.8) is 0 Å². The molecule has 0 bridgehead atoms. The molecule has 104 valence electrons. The average Bonchev–Trinajstić information content (AvgIpc) is 2.47. The Bertz CT molecular complexity index is 651. The van der Waals surface area contributed by atoms with E-state index in [9.17, 15) is 9.18 Å². The van der Waals surface area contributed by atoms with E-state index < -0.39 is 12.1 Å². The SMILES string of the molecule is NC(=O)c1ccc2cncc(N3CCC(F)CC3)c2c1. The van der Waals surface area contributed by atoms with E-state index in [0.29, 0.717) is 31.5 Å². The Labute approximate surface area is 116 Å². The second-order valence-corrected chi connectivity index (χ2v) is 5.12. The van der Waals surface area contributed by atoms with Gasteiger partial charge in [-0.25, -0.2) is 4.39 Å². The third kappa shape index (κ3) is 2.31. The number of primary amides is 1. The van der Waals surface area contributed by atoms with Crippen LogP contribution in [0.1, 0.15) is 23.2 Å². The maximum Gasteiger partial charge on any atom is 0.248 e. The van der Waals surface area contributed by atoms with Crippen LogP contribution >= 0.6 is 0 Å². The number of halogens is 1. The van der Waals surface area contributed by atoms with Gasteiger partial charge in [0.05, 0.1) is 11.9 Å². The summed E-state index contributed by atoms with van der Waals surface area (Å²) < 4.78 is 13.3. The van der Waals surface area contributed by atoms with Crippen LogP contribution < -0.4 is 10.6 Å². The molecule has 1 aromatic heterocycles. The van der Waals surface area contributed by atoms with Crippen LogP contribution in [0.15, 0.2) is 30.6 Å². The van der Waals surface area contributed by atoms with Crippen LogP contribution in [0.25, 0.3) is 10.8 Å². The number of anilines is 1. The lowest BCUT2D eigenvalue weighted by Crippen LogP contribution is -2.34. The number of benzene rings is 1. The van der Waals surface area contributed by atoms with Crippen molar-refractivity contribution in [2.75, 3.05) is 18.0 Å². The molecule has 1 fully saturated rings. The summed E-state index contributed by atoms with van der Waals surface area (Å²) in [5, 5.41) is 1.89. The molecule has 4 nitrogen and oxygen atoms in total. The van der Waals surface area contributed by atoms with E-state index in [-0.39, 0.29) is 0 Å². The highest BCUT2D eigenvalue weighted by molar-refractivity contribution is 6.01. The van der Waals surface area contributed by atoms with Crippen LogP contribution in [0.5, 0.6) is 0 Å². The molecule has 5 heteroatoms. The van der Waals surface area contributed by atoms with Gasteiger partial charge < -0.3 is 10.6 Å². The van der Waals surface area contributed by atoms with Crippen LogP contribution in [-0.4, -0.2) is 30.2 Å². The van der Waals surface area contributed by atoms with Gasteiger partial charge >= 0.3 is 0 Å². The predicted octanol–water partition coefficient (Wildman–Crippen LogP) is 2.27. The Morgan fingerprint density at radius 2 is 2.05 bits per heavy atom. The van der Waals surface area contributed by atoms with Gasteiger partial charge in [0, 0.05) is 35.6 Å². The zero-order chi connectivity index (χ0) is 14.1. The summed E-state index contributed by atoms with van der Waals surface area (Å²) in [5.74, 6) is -0.447. The normalized spacial score (nSPS) is 16.6. The number of amides is 1. The van der Waals surface area contributed by atoms with E-state index in [2.05, 4.69) is 9.88 Å². The molecule has 2 N–H and O–H groups in total. The number of alkyl halides is 1. The third-order valence-corrected chi connectivity index (χ3v) is 3.79. The first-order valence-corrected chi connectivity index (χ1v) is 6.72. The van der Waals surface area contributed by atoms with E-state index in [1.54, 1.807) is 24.5 Å². The molecule has 1 aromatic carbocycles. The molecule has 0 aliphatic carbocycles. The minimum Gasteiger partial charge on any atom is -0.370 e. The Hall–Kier alpha value is -2.17. The Morgan fingerprint density at radius 3 is 2.75 bits per heavy atom. The fourth-order valence-electron chi connectivity index (χ4n) is 2.64. The van der Waals surface area contributed by atoms with Gasteiger partial charge in [0.2, 0.25) is 5.91 Å². The van der Waals surface area contributed by atoms with Crippen LogP contribution in [0, 0.1) is 0 Å². The van der Waals surface area contributed by atoms with Gasteiger partial charge in [-0.2, -0.15) is 0 Å². The lowest BCUT2D eigenvalue weighted by molar-refractivity contribution is 0.100. The summed E-state index contributed by atoms with van der Waals surface area (Å²) in [4.78, 5) is 17.7. The summed E-state index contributed by atoms with van der Waals surface area (Å²) in [6, 6.07) is 5.33. The molecule has 0 atom stereocenters. The molecule has 1 aliphatic rings. The fourth-order valence-corrected chi connectivity index (χ4v) is 2.64. The number of pyridine rings is 1. The number of nitrogens with zero attached hydrogens (tertiary/aromatic N) is 2. The standard InChI is InChI=1S/C15H16FN3O/c16-12-3-5-19(6-4-12)14-9-18-8-11-2-1-10(15(17)20)7-13(11)14/h1-2,7-9,12H,3-6H2,(H2,17,20). The van der Waals surface area contributed by atoms with Crippen molar-refractivity contribution < 1.29 is 9.18 Å². The lowest BCUT2D eigenvalue weighted by Gasteiger charge is -2.31. The number of rotatable bonds is 2. The second kappa shape index (κ2) is 5.07. The molecule has 1 amide bonds. The number of carbonyl (C=O) groups is 1. The van der Waals surface area contributed by atoms with Crippen molar-refractivity contribution in [2.45, 2.75) is 19.0 Å². The van der Waals surface area contributed by atoms with E-state index in [0.717, 1.165) is 16.5 Å². The van der Waals surface area contributed by atoms with Gasteiger partial charge in [-0.05, 0) is 25.0 Å². The predicted molar refractivity (Wildman–Crippen MR) is 76.6 cm³/mol. The highest BCUT2D eigenvalue weighted by Crippen LogP contribution is 2.29.